The molecule has 1 N–H and O–H groups in total. The first-order chi connectivity index (χ1) is 11.5. The molecule has 0 aromatic heterocycles. The van der Waals surface area contributed by atoms with Gasteiger partial charge in [-0.1, -0.05) is 0 Å². The summed E-state index contributed by atoms with van der Waals surface area (Å²) in [5.41, 5.74) is 2.19. The first kappa shape index (κ1) is 21.6. The molecule has 25 heavy (non-hydrogen) atoms. The van der Waals surface area contributed by atoms with E-state index >= 15 is 0 Å². The van der Waals surface area contributed by atoms with Gasteiger partial charge in [0.25, 0.3) is 0 Å². The number of nitrogens with zero attached hydrogens (tertiary/aromatic N) is 1. The third-order valence-electron chi connectivity index (χ3n) is 4.90. The molecule has 1 aromatic carbocycles. The van der Waals surface area contributed by atoms with Crippen molar-refractivity contribution in [1.82, 2.24) is 10.2 Å². The van der Waals surface area contributed by atoms with Gasteiger partial charge in [-0.15, -0.1) is 12.4 Å². The number of ether oxygens (including phenoxy) is 2. The van der Waals surface area contributed by atoms with Gasteiger partial charge in [-0.25, -0.2) is 0 Å². The van der Waals surface area contributed by atoms with Gasteiger partial charge in [-0.3, -0.25) is 4.79 Å². The molecule has 1 aromatic rings. The summed E-state index contributed by atoms with van der Waals surface area (Å²) in [5, 5.41) is 3.37. The minimum absolute atomic E-state index is 0. The molecular weight excluding hydrogens is 340 g/mol. The topological polar surface area (TPSA) is 50.8 Å². The average Bonchev–Trinajstić information content (AvgIpc) is 2.61. The van der Waals surface area contributed by atoms with Crippen molar-refractivity contribution in [2.24, 2.45) is 5.92 Å². The maximum absolute atomic E-state index is 12.4. The first-order valence-corrected chi connectivity index (χ1v) is 8.71. The smallest absolute Gasteiger partial charge is 0.222 e. The molecule has 1 aliphatic rings. The number of aryl methyl sites for hydroxylation is 1. The molecule has 1 amide bonds. The molecule has 1 aliphatic heterocycles. The summed E-state index contributed by atoms with van der Waals surface area (Å²) < 4.78 is 10.7. The number of rotatable bonds is 7. The third kappa shape index (κ3) is 6.08. The molecule has 5 nitrogen and oxygen atoms in total. The summed E-state index contributed by atoms with van der Waals surface area (Å²) in [4.78, 5) is 14.2. The molecule has 0 bridgehead atoms. The molecule has 142 valence electrons. The van der Waals surface area contributed by atoms with Crippen LogP contribution in [0, 0.1) is 12.8 Å². The molecule has 0 unspecified atom stereocenters. The summed E-state index contributed by atoms with van der Waals surface area (Å²) in [7, 11) is 5.14. The van der Waals surface area contributed by atoms with Crippen LogP contribution in [0.5, 0.6) is 11.5 Å². The van der Waals surface area contributed by atoms with E-state index in [9.17, 15) is 4.79 Å². The van der Waals surface area contributed by atoms with E-state index in [1.54, 1.807) is 14.2 Å². The molecule has 0 aliphatic carbocycles. The van der Waals surface area contributed by atoms with Crippen LogP contribution in [0.15, 0.2) is 12.1 Å². The SMILES string of the molecule is COc1cc(C)c(CN(C)C(=O)CCC2CCNCC2)cc1OC.Cl. The number of piperidine rings is 1. The Kier molecular flexibility index (Phi) is 9.08. The summed E-state index contributed by atoms with van der Waals surface area (Å²) >= 11 is 0. The van der Waals surface area contributed by atoms with Crippen LogP contribution in [0.4, 0.5) is 0 Å². The van der Waals surface area contributed by atoms with Crippen LogP contribution in [0.3, 0.4) is 0 Å². The van der Waals surface area contributed by atoms with Crippen LogP contribution in [0.1, 0.15) is 36.8 Å². The predicted molar refractivity (Wildman–Crippen MR) is 103 cm³/mol. The van der Waals surface area contributed by atoms with Gasteiger partial charge in [-0.05, 0) is 68.5 Å². The van der Waals surface area contributed by atoms with Gasteiger partial charge >= 0.3 is 0 Å². The van der Waals surface area contributed by atoms with E-state index in [2.05, 4.69) is 5.32 Å². The Morgan fingerprint density at radius 3 is 2.40 bits per heavy atom. The molecule has 0 saturated carbocycles. The first-order valence-electron chi connectivity index (χ1n) is 8.71. The number of methoxy groups -OCH3 is 2. The number of benzene rings is 1. The number of carbonyl (C=O) groups excluding carboxylic acids is 1. The summed E-state index contributed by atoms with van der Waals surface area (Å²) in [5.74, 6) is 2.32. The van der Waals surface area contributed by atoms with Gasteiger partial charge < -0.3 is 19.7 Å². The number of halogens is 1. The number of amides is 1. The molecular formula is C19H31ClN2O3. The van der Waals surface area contributed by atoms with Crippen LogP contribution in [0.25, 0.3) is 0 Å². The lowest BCUT2D eigenvalue weighted by Gasteiger charge is -2.24. The van der Waals surface area contributed by atoms with E-state index in [0.717, 1.165) is 36.4 Å². The van der Waals surface area contributed by atoms with Crippen LogP contribution in [-0.2, 0) is 11.3 Å². The average molecular weight is 371 g/mol. The van der Waals surface area contributed by atoms with E-state index in [4.69, 9.17) is 9.47 Å². The Morgan fingerprint density at radius 1 is 1.20 bits per heavy atom. The molecule has 0 atom stereocenters. The fourth-order valence-corrected chi connectivity index (χ4v) is 3.23. The van der Waals surface area contributed by atoms with E-state index in [1.165, 1.54) is 12.8 Å². The second kappa shape index (κ2) is 10.5. The standard InChI is InChI=1S/C19H30N2O3.ClH/c1-14-11-17(23-3)18(24-4)12-16(14)13-21(2)19(22)6-5-15-7-9-20-10-8-15;/h11-12,15,20H,5-10,13H2,1-4H3;1H. The normalized spacial score (nSPS) is 14.6. The quantitative estimate of drug-likeness (QED) is 0.800. The zero-order valence-corrected chi connectivity index (χ0v) is 16.6. The highest BCUT2D eigenvalue weighted by atomic mass is 35.5. The fourth-order valence-electron chi connectivity index (χ4n) is 3.23. The second-order valence-corrected chi connectivity index (χ2v) is 6.62. The van der Waals surface area contributed by atoms with E-state index in [-0.39, 0.29) is 18.3 Å². The van der Waals surface area contributed by atoms with Gasteiger partial charge in [0.15, 0.2) is 11.5 Å². The lowest BCUT2D eigenvalue weighted by Crippen LogP contribution is -2.30. The van der Waals surface area contributed by atoms with Gasteiger partial charge in [0, 0.05) is 20.0 Å². The van der Waals surface area contributed by atoms with Crippen molar-refractivity contribution in [2.75, 3.05) is 34.4 Å². The minimum Gasteiger partial charge on any atom is -0.493 e. The maximum atomic E-state index is 12.4. The lowest BCUT2D eigenvalue weighted by molar-refractivity contribution is -0.130. The van der Waals surface area contributed by atoms with E-state index < -0.39 is 0 Å². The Bertz CT molecular complexity index is 560. The summed E-state index contributed by atoms with van der Waals surface area (Å²) in [6.45, 7) is 4.79. The molecule has 2 rings (SSSR count). The fraction of sp³-hybridized carbons (Fsp3) is 0.632. The van der Waals surface area contributed by atoms with E-state index in [0.29, 0.717) is 24.6 Å². The van der Waals surface area contributed by atoms with Crippen molar-refractivity contribution in [3.05, 3.63) is 23.3 Å². The number of nitrogens with one attached hydrogen (secondary N) is 1. The van der Waals surface area contributed by atoms with E-state index in [1.807, 2.05) is 31.0 Å². The Labute approximate surface area is 157 Å². The Morgan fingerprint density at radius 2 is 1.80 bits per heavy atom. The monoisotopic (exact) mass is 370 g/mol. The number of hydrogen-bond acceptors (Lipinski definition) is 4. The molecule has 6 heteroatoms. The summed E-state index contributed by atoms with van der Waals surface area (Å²) in [6.07, 6.45) is 4.00. The third-order valence-corrected chi connectivity index (χ3v) is 4.90. The number of carbonyl (C=O) groups is 1. The molecule has 0 spiro atoms. The highest BCUT2D eigenvalue weighted by Crippen LogP contribution is 2.30. The Hall–Kier alpha value is -1.46. The lowest BCUT2D eigenvalue weighted by atomic mass is 9.93. The molecule has 1 saturated heterocycles. The van der Waals surface area contributed by atoms with Crippen molar-refractivity contribution in [2.45, 2.75) is 39.2 Å². The zero-order chi connectivity index (χ0) is 17.5. The van der Waals surface area contributed by atoms with Crippen molar-refractivity contribution in [1.29, 1.82) is 0 Å². The Balaban J connectivity index is 0.00000312. The van der Waals surface area contributed by atoms with Crippen LogP contribution in [0.2, 0.25) is 0 Å². The van der Waals surface area contributed by atoms with Crippen molar-refractivity contribution >= 4 is 18.3 Å². The number of hydrogen-bond donors (Lipinski definition) is 1. The largest absolute Gasteiger partial charge is 0.493 e. The molecule has 1 fully saturated rings. The van der Waals surface area contributed by atoms with Gasteiger partial charge in [0.2, 0.25) is 5.91 Å². The van der Waals surface area contributed by atoms with Crippen LogP contribution < -0.4 is 14.8 Å². The summed E-state index contributed by atoms with van der Waals surface area (Å²) in [6, 6.07) is 3.92. The van der Waals surface area contributed by atoms with Gasteiger partial charge in [-0.2, -0.15) is 0 Å². The zero-order valence-electron chi connectivity index (χ0n) is 15.8. The van der Waals surface area contributed by atoms with Crippen LogP contribution >= 0.6 is 12.4 Å². The molecule has 1 heterocycles. The maximum Gasteiger partial charge on any atom is 0.222 e. The predicted octanol–water partition coefficient (Wildman–Crippen LogP) is 3.17. The highest BCUT2D eigenvalue weighted by molar-refractivity contribution is 5.85. The molecule has 0 radical (unpaired) electrons. The van der Waals surface area contributed by atoms with Crippen molar-refractivity contribution < 1.29 is 14.3 Å². The highest BCUT2D eigenvalue weighted by Gasteiger charge is 2.17. The second-order valence-electron chi connectivity index (χ2n) is 6.62. The minimum atomic E-state index is 0. The van der Waals surface area contributed by atoms with Crippen molar-refractivity contribution in [3.8, 4) is 11.5 Å². The van der Waals surface area contributed by atoms with Crippen molar-refractivity contribution in [3.63, 3.8) is 0 Å². The van der Waals surface area contributed by atoms with Gasteiger partial charge in [0.05, 0.1) is 14.2 Å². The van der Waals surface area contributed by atoms with Gasteiger partial charge in [0.1, 0.15) is 0 Å². The van der Waals surface area contributed by atoms with Crippen LogP contribution in [-0.4, -0.2) is 45.2 Å².